The zero-order valence-corrected chi connectivity index (χ0v) is 8.93. The summed E-state index contributed by atoms with van der Waals surface area (Å²) in [6.45, 7) is 5.69. The fourth-order valence-corrected chi connectivity index (χ4v) is 1.48. The van der Waals surface area contributed by atoms with E-state index in [-0.39, 0.29) is 0 Å². The average molecular weight is 191 g/mol. The number of hydrogen-bond acceptors (Lipinski definition) is 0. The van der Waals surface area contributed by atoms with Crippen LogP contribution in [0.1, 0.15) is 6.92 Å². The van der Waals surface area contributed by atoms with Crippen molar-refractivity contribution in [3.63, 3.8) is 0 Å². The highest BCUT2D eigenvalue weighted by Crippen LogP contribution is 2.07. The Morgan fingerprint density at radius 2 is 2.38 bits per heavy atom. The average Bonchev–Trinajstić information content (AvgIpc) is 2.51. The standard InChI is InChI=1S/C11H14NP/c1-3-6-10(7-4-2)12-9-5-8-11(12)13/h3-9H,1,13H2,2H3/b7-4-,10-6+. The molecule has 68 valence electrons. The third-order valence-corrected chi connectivity index (χ3v) is 2.16. The minimum Gasteiger partial charge on any atom is -0.317 e. The third kappa shape index (κ3) is 2.43. The van der Waals surface area contributed by atoms with E-state index in [1.807, 2.05) is 37.4 Å². The molecular weight excluding hydrogens is 177 g/mol. The Hall–Kier alpha value is -1.07. The molecular formula is C11H14NP. The summed E-state index contributed by atoms with van der Waals surface area (Å²) in [4.78, 5) is 0. The van der Waals surface area contributed by atoms with E-state index < -0.39 is 0 Å². The van der Waals surface area contributed by atoms with Crippen LogP contribution in [0.2, 0.25) is 0 Å². The highest BCUT2D eigenvalue weighted by Gasteiger charge is 1.96. The second-order valence-corrected chi connectivity index (χ2v) is 3.22. The van der Waals surface area contributed by atoms with Crippen molar-refractivity contribution in [2.75, 3.05) is 0 Å². The maximum Gasteiger partial charge on any atom is 0.0452 e. The van der Waals surface area contributed by atoms with Gasteiger partial charge in [-0.15, -0.1) is 0 Å². The Morgan fingerprint density at radius 3 is 2.85 bits per heavy atom. The van der Waals surface area contributed by atoms with Gasteiger partial charge in [0.15, 0.2) is 0 Å². The maximum atomic E-state index is 3.69. The van der Waals surface area contributed by atoms with E-state index in [1.165, 1.54) is 0 Å². The molecule has 0 aliphatic heterocycles. The van der Waals surface area contributed by atoms with E-state index in [0.29, 0.717) is 0 Å². The molecule has 1 atom stereocenters. The summed E-state index contributed by atoms with van der Waals surface area (Å²) in [5, 5.41) is 0. The van der Waals surface area contributed by atoms with Crippen LogP contribution < -0.4 is 5.44 Å². The third-order valence-electron chi connectivity index (χ3n) is 1.68. The Bertz CT molecular complexity index is 345. The van der Waals surface area contributed by atoms with Crippen molar-refractivity contribution in [3.8, 4) is 0 Å². The number of rotatable bonds is 3. The molecule has 0 aliphatic carbocycles. The number of allylic oxidation sites excluding steroid dienone is 5. The van der Waals surface area contributed by atoms with Crippen LogP contribution in [0, 0.1) is 0 Å². The summed E-state index contributed by atoms with van der Waals surface area (Å²) in [5.74, 6) is 0. The molecule has 2 heteroatoms. The molecule has 1 unspecified atom stereocenters. The van der Waals surface area contributed by atoms with Crippen molar-refractivity contribution in [1.82, 2.24) is 4.57 Å². The molecule has 1 nitrogen and oxygen atoms in total. The first kappa shape index (κ1) is 10.0. The summed E-state index contributed by atoms with van der Waals surface area (Å²) in [7, 11) is 2.70. The summed E-state index contributed by atoms with van der Waals surface area (Å²) in [6.07, 6.45) is 9.86. The van der Waals surface area contributed by atoms with Gasteiger partial charge >= 0.3 is 0 Å². The van der Waals surface area contributed by atoms with Crippen LogP contribution in [0.4, 0.5) is 0 Å². The molecule has 1 rings (SSSR count). The van der Waals surface area contributed by atoms with Crippen LogP contribution in [0.5, 0.6) is 0 Å². The minimum atomic E-state index is 1.12. The fourth-order valence-electron chi connectivity index (χ4n) is 1.14. The van der Waals surface area contributed by atoms with Gasteiger partial charge in [-0.3, -0.25) is 0 Å². The number of nitrogens with zero attached hydrogens (tertiary/aromatic N) is 1. The highest BCUT2D eigenvalue weighted by atomic mass is 31.0. The Labute approximate surface area is 81.7 Å². The van der Waals surface area contributed by atoms with E-state index >= 15 is 0 Å². The van der Waals surface area contributed by atoms with Gasteiger partial charge in [-0.25, -0.2) is 0 Å². The number of hydrogen-bond donors (Lipinski definition) is 0. The van der Waals surface area contributed by atoms with Crippen LogP contribution in [-0.4, -0.2) is 4.57 Å². The van der Waals surface area contributed by atoms with E-state index in [1.54, 1.807) is 6.08 Å². The van der Waals surface area contributed by atoms with E-state index in [9.17, 15) is 0 Å². The summed E-state index contributed by atoms with van der Waals surface area (Å²) in [5.41, 5.74) is 2.26. The van der Waals surface area contributed by atoms with E-state index in [4.69, 9.17) is 0 Å². The molecule has 1 heterocycles. The predicted octanol–water partition coefficient (Wildman–Crippen LogP) is 2.59. The van der Waals surface area contributed by atoms with Crippen LogP contribution in [-0.2, 0) is 0 Å². The molecule has 0 amide bonds. The predicted molar refractivity (Wildman–Crippen MR) is 63.1 cm³/mol. The molecule has 0 saturated carbocycles. The zero-order chi connectivity index (χ0) is 9.68. The minimum absolute atomic E-state index is 1.12. The first-order valence-corrected chi connectivity index (χ1v) is 4.76. The lowest BCUT2D eigenvalue weighted by atomic mass is 10.3. The van der Waals surface area contributed by atoms with Gasteiger partial charge in [-0.1, -0.05) is 28.0 Å². The quantitative estimate of drug-likeness (QED) is 0.511. The fraction of sp³-hybridized carbons (Fsp3) is 0.0909. The lowest BCUT2D eigenvalue weighted by Gasteiger charge is -2.05. The van der Waals surface area contributed by atoms with Crippen molar-refractivity contribution in [2.45, 2.75) is 6.92 Å². The Balaban J connectivity index is 3.09. The van der Waals surface area contributed by atoms with Crippen molar-refractivity contribution < 1.29 is 0 Å². The number of aromatic nitrogens is 1. The van der Waals surface area contributed by atoms with Crippen molar-refractivity contribution in [2.24, 2.45) is 0 Å². The van der Waals surface area contributed by atoms with Gasteiger partial charge in [-0.05, 0) is 31.2 Å². The molecule has 0 saturated heterocycles. The largest absolute Gasteiger partial charge is 0.317 e. The molecule has 0 N–H and O–H groups in total. The van der Waals surface area contributed by atoms with Crippen LogP contribution in [0.25, 0.3) is 5.70 Å². The van der Waals surface area contributed by atoms with Crippen LogP contribution in [0.3, 0.4) is 0 Å². The summed E-state index contributed by atoms with van der Waals surface area (Å²) >= 11 is 0. The normalized spacial score (nSPS) is 12.3. The van der Waals surface area contributed by atoms with Crippen LogP contribution in [0.15, 0.2) is 49.2 Å². The Kier molecular flexibility index (Phi) is 3.72. The topological polar surface area (TPSA) is 4.93 Å². The van der Waals surface area contributed by atoms with Crippen molar-refractivity contribution in [1.29, 1.82) is 0 Å². The van der Waals surface area contributed by atoms with E-state index in [2.05, 4.69) is 26.5 Å². The monoisotopic (exact) mass is 191 g/mol. The van der Waals surface area contributed by atoms with Gasteiger partial charge in [0.25, 0.3) is 0 Å². The lowest BCUT2D eigenvalue weighted by Crippen LogP contribution is -2.06. The van der Waals surface area contributed by atoms with Gasteiger partial charge in [0.2, 0.25) is 0 Å². The molecule has 0 spiro atoms. The highest BCUT2D eigenvalue weighted by molar-refractivity contribution is 7.27. The molecule has 0 aromatic carbocycles. The SMILES string of the molecule is C=C/C=C(\C=C/C)n1cccc1P. The zero-order valence-electron chi connectivity index (χ0n) is 7.77. The maximum absolute atomic E-state index is 3.69. The van der Waals surface area contributed by atoms with E-state index in [0.717, 1.165) is 11.1 Å². The van der Waals surface area contributed by atoms with Gasteiger partial charge in [0.1, 0.15) is 0 Å². The summed E-state index contributed by atoms with van der Waals surface area (Å²) in [6, 6.07) is 4.06. The molecule has 1 aromatic rings. The van der Waals surface area contributed by atoms with Gasteiger partial charge < -0.3 is 4.57 Å². The van der Waals surface area contributed by atoms with Gasteiger partial charge in [-0.2, -0.15) is 0 Å². The van der Waals surface area contributed by atoms with Crippen LogP contribution >= 0.6 is 9.24 Å². The van der Waals surface area contributed by atoms with Gasteiger partial charge in [0.05, 0.1) is 0 Å². The Morgan fingerprint density at radius 1 is 1.62 bits per heavy atom. The lowest BCUT2D eigenvalue weighted by molar-refractivity contribution is 1.17. The smallest absolute Gasteiger partial charge is 0.0452 e. The first-order valence-electron chi connectivity index (χ1n) is 4.18. The van der Waals surface area contributed by atoms with Crippen molar-refractivity contribution in [3.05, 3.63) is 49.2 Å². The molecule has 1 aromatic heterocycles. The van der Waals surface area contributed by atoms with Gasteiger partial charge in [0, 0.05) is 17.3 Å². The second kappa shape index (κ2) is 4.84. The molecule has 0 bridgehead atoms. The molecule has 0 aliphatic rings. The second-order valence-electron chi connectivity index (χ2n) is 2.63. The summed E-state index contributed by atoms with van der Waals surface area (Å²) < 4.78 is 2.09. The molecule has 13 heavy (non-hydrogen) atoms. The molecule has 0 fully saturated rings. The molecule has 0 radical (unpaired) electrons. The first-order chi connectivity index (χ1) is 6.29. The van der Waals surface area contributed by atoms with Crippen molar-refractivity contribution >= 4 is 20.4 Å².